The maximum Gasteiger partial charge on any atom is 0.281 e. The van der Waals surface area contributed by atoms with E-state index >= 15 is 0 Å². The zero-order valence-electron chi connectivity index (χ0n) is 17.0. The van der Waals surface area contributed by atoms with Gasteiger partial charge in [-0.3, -0.25) is 14.9 Å². The van der Waals surface area contributed by atoms with Crippen LogP contribution in [0.15, 0.2) is 102 Å². The van der Waals surface area contributed by atoms with Crippen LogP contribution in [0.5, 0.6) is 5.75 Å². The first kappa shape index (κ1) is 20.7. The van der Waals surface area contributed by atoms with Gasteiger partial charge in [-0.1, -0.05) is 55.1 Å². The third kappa shape index (κ3) is 4.32. The van der Waals surface area contributed by atoms with Crippen molar-refractivity contribution < 1.29 is 14.5 Å². The van der Waals surface area contributed by atoms with E-state index in [0.717, 1.165) is 11.1 Å². The number of hydrazone groups is 1. The Labute approximate surface area is 184 Å². The molecule has 3 aromatic rings. The summed E-state index contributed by atoms with van der Waals surface area (Å²) in [7, 11) is 0. The van der Waals surface area contributed by atoms with E-state index in [0.29, 0.717) is 29.3 Å². The molecule has 0 atom stereocenters. The van der Waals surface area contributed by atoms with Gasteiger partial charge in [-0.25, -0.2) is 0 Å². The second kappa shape index (κ2) is 9.09. The quantitative estimate of drug-likeness (QED) is 0.231. The summed E-state index contributed by atoms with van der Waals surface area (Å²) in [6.45, 7) is 4.04. The van der Waals surface area contributed by atoms with Crippen LogP contribution in [-0.4, -0.2) is 23.1 Å². The van der Waals surface area contributed by atoms with Crippen molar-refractivity contribution in [1.29, 1.82) is 0 Å². The first-order chi connectivity index (χ1) is 15.6. The molecular formula is C25H19N3O4. The number of carbonyl (C=O) groups excluding carboxylic acids is 1. The van der Waals surface area contributed by atoms with Gasteiger partial charge in [0.2, 0.25) is 0 Å². The molecule has 0 aliphatic carbocycles. The Morgan fingerprint density at radius 2 is 1.69 bits per heavy atom. The van der Waals surface area contributed by atoms with Gasteiger partial charge in [0.25, 0.3) is 11.6 Å². The maximum atomic E-state index is 13.3. The topological polar surface area (TPSA) is 85.0 Å². The van der Waals surface area contributed by atoms with Gasteiger partial charge in [-0.2, -0.15) is 10.1 Å². The normalized spacial score (nSPS) is 14.4. The van der Waals surface area contributed by atoms with E-state index in [9.17, 15) is 14.9 Å². The number of hydrogen-bond donors (Lipinski definition) is 0. The van der Waals surface area contributed by atoms with E-state index < -0.39 is 4.92 Å². The summed E-state index contributed by atoms with van der Waals surface area (Å²) in [6, 6.07) is 22.5. The highest BCUT2D eigenvalue weighted by molar-refractivity contribution is 6.37. The summed E-state index contributed by atoms with van der Waals surface area (Å²) < 4.78 is 5.51. The molecule has 1 heterocycles. The smallest absolute Gasteiger partial charge is 0.281 e. The molecule has 0 bridgehead atoms. The molecule has 158 valence electrons. The van der Waals surface area contributed by atoms with Gasteiger partial charge in [-0.15, -0.1) is 0 Å². The Kier molecular flexibility index (Phi) is 5.89. The molecule has 0 saturated carbocycles. The highest BCUT2D eigenvalue weighted by atomic mass is 16.6. The number of amides is 1. The molecule has 1 amide bonds. The summed E-state index contributed by atoms with van der Waals surface area (Å²) in [5.41, 5.74) is 2.96. The fourth-order valence-corrected chi connectivity index (χ4v) is 3.23. The molecule has 0 saturated heterocycles. The van der Waals surface area contributed by atoms with E-state index in [1.54, 1.807) is 12.2 Å². The largest absolute Gasteiger partial charge is 0.490 e. The zero-order chi connectivity index (χ0) is 22.5. The molecule has 0 radical (unpaired) electrons. The predicted octanol–water partition coefficient (Wildman–Crippen LogP) is 4.99. The molecule has 1 aliphatic heterocycles. The number of ether oxygens (including phenoxy) is 1. The molecular weight excluding hydrogens is 406 g/mol. The van der Waals surface area contributed by atoms with Crippen LogP contribution in [0.1, 0.15) is 11.1 Å². The second-order valence-corrected chi connectivity index (χ2v) is 6.93. The molecule has 7 nitrogen and oxygen atoms in total. The van der Waals surface area contributed by atoms with Crippen molar-refractivity contribution in [1.82, 2.24) is 0 Å². The van der Waals surface area contributed by atoms with Crippen molar-refractivity contribution in [3.63, 3.8) is 0 Å². The zero-order valence-corrected chi connectivity index (χ0v) is 17.0. The molecule has 0 unspecified atom stereocenters. The van der Waals surface area contributed by atoms with Gasteiger partial charge in [0.15, 0.2) is 0 Å². The lowest BCUT2D eigenvalue weighted by molar-refractivity contribution is -0.384. The molecule has 7 heteroatoms. The summed E-state index contributed by atoms with van der Waals surface area (Å²) in [4.78, 5) is 23.8. The fraction of sp³-hybridized carbons (Fsp3) is 0.0400. The fourth-order valence-electron chi connectivity index (χ4n) is 3.23. The van der Waals surface area contributed by atoms with Crippen LogP contribution < -0.4 is 9.75 Å². The molecule has 0 fully saturated rings. The van der Waals surface area contributed by atoms with Crippen LogP contribution in [-0.2, 0) is 4.79 Å². The van der Waals surface area contributed by atoms with Crippen LogP contribution in [0.3, 0.4) is 0 Å². The molecule has 4 rings (SSSR count). The van der Waals surface area contributed by atoms with Gasteiger partial charge < -0.3 is 4.74 Å². The predicted molar refractivity (Wildman–Crippen MR) is 124 cm³/mol. The van der Waals surface area contributed by atoms with Crippen molar-refractivity contribution >= 4 is 29.1 Å². The van der Waals surface area contributed by atoms with Crippen LogP contribution >= 0.6 is 0 Å². The third-order valence-corrected chi connectivity index (χ3v) is 4.79. The molecule has 1 aliphatic rings. The van der Waals surface area contributed by atoms with Crippen LogP contribution in [0.2, 0.25) is 0 Å². The standard InChI is InChI=1S/C25H19N3O4/c1-2-16-32-22-14-8-18(9-15-22)17-23-24(19-6-4-3-5-7-19)26-27(25(23)29)20-10-12-21(13-11-20)28(30)31/h2-15,17H,1,16H2. The first-order valence-corrected chi connectivity index (χ1v) is 9.85. The van der Waals surface area contributed by atoms with Gasteiger partial charge in [0, 0.05) is 17.7 Å². The van der Waals surface area contributed by atoms with Crippen molar-refractivity contribution in [2.24, 2.45) is 5.10 Å². The van der Waals surface area contributed by atoms with Crippen molar-refractivity contribution in [3.8, 4) is 5.75 Å². The summed E-state index contributed by atoms with van der Waals surface area (Å²) in [6.07, 6.45) is 3.44. The number of hydrogen-bond acceptors (Lipinski definition) is 5. The van der Waals surface area contributed by atoms with E-state index in [-0.39, 0.29) is 11.6 Å². The Morgan fingerprint density at radius 1 is 1.00 bits per heavy atom. The summed E-state index contributed by atoms with van der Waals surface area (Å²) in [5.74, 6) is 0.388. The Bertz CT molecular complexity index is 1210. The average Bonchev–Trinajstić information content (AvgIpc) is 3.15. The molecule has 32 heavy (non-hydrogen) atoms. The number of carbonyl (C=O) groups is 1. The number of nitro groups is 1. The van der Waals surface area contributed by atoms with Gasteiger partial charge >= 0.3 is 0 Å². The van der Waals surface area contributed by atoms with E-state index in [2.05, 4.69) is 11.7 Å². The molecule has 0 N–H and O–H groups in total. The van der Waals surface area contributed by atoms with Gasteiger partial charge in [0.05, 0.1) is 16.2 Å². The number of rotatable bonds is 7. The number of anilines is 1. The summed E-state index contributed by atoms with van der Waals surface area (Å²) in [5, 5.41) is 16.8. The van der Waals surface area contributed by atoms with E-state index in [4.69, 9.17) is 4.74 Å². The van der Waals surface area contributed by atoms with Crippen molar-refractivity contribution in [3.05, 3.63) is 118 Å². The van der Waals surface area contributed by atoms with Crippen molar-refractivity contribution in [2.45, 2.75) is 0 Å². The highest BCUT2D eigenvalue weighted by Gasteiger charge is 2.32. The second-order valence-electron chi connectivity index (χ2n) is 6.93. The minimum atomic E-state index is -0.484. The number of nitro benzene ring substituents is 1. The van der Waals surface area contributed by atoms with Crippen LogP contribution in [0, 0.1) is 10.1 Å². The lowest BCUT2D eigenvalue weighted by atomic mass is 10.0. The van der Waals surface area contributed by atoms with Crippen molar-refractivity contribution in [2.75, 3.05) is 11.6 Å². The number of benzene rings is 3. The third-order valence-electron chi connectivity index (χ3n) is 4.79. The van der Waals surface area contributed by atoms with Gasteiger partial charge in [-0.05, 0) is 35.9 Å². The van der Waals surface area contributed by atoms with Crippen LogP contribution in [0.4, 0.5) is 11.4 Å². The first-order valence-electron chi connectivity index (χ1n) is 9.85. The lowest BCUT2D eigenvalue weighted by Gasteiger charge is -2.11. The summed E-state index contributed by atoms with van der Waals surface area (Å²) >= 11 is 0. The van der Waals surface area contributed by atoms with E-state index in [1.807, 2.05) is 54.6 Å². The SMILES string of the molecule is C=CCOc1ccc(C=C2C(=O)N(c3ccc([N+](=O)[O-])cc3)N=C2c2ccccc2)cc1. The van der Waals surface area contributed by atoms with Gasteiger partial charge in [0.1, 0.15) is 18.1 Å². The Hall–Kier alpha value is -4.52. The minimum Gasteiger partial charge on any atom is -0.490 e. The molecule has 0 spiro atoms. The monoisotopic (exact) mass is 425 g/mol. The molecule has 0 aromatic heterocycles. The highest BCUT2D eigenvalue weighted by Crippen LogP contribution is 2.29. The maximum absolute atomic E-state index is 13.3. The minimum absolute atomic E-state index is 0.0535. The number of nitrogens with zero attached hydrogens (tertiary/aromatic N) is 3. The van der Waals surface area contributed by atoms with E-state index in [1.165, 1.54) is 29.3 Å². The lowest BCUT2D eigenvalue weighted by Crippen LogP contribution is -2.21. The Morgan fingerprint density at radius 3 is 2.31 bits per heavy atom. The van der Waals surface area contributed by atoms with Crippen LogP contribution in [0.25, 0.3) is 6.08 Å². The Balaban J connectivity index is 1.71. The molecule has 3 aromatic carbocycles. The number of non-ortho nitro benzene ring substituents is 1. The average molecular weight is 425 g/mol.